The largest absolute Gasteiger partial charge is 0.309 e. The van der Waals surface area contributed by atoms with E-state index in [-0.39, 0.29) is 5.91 Å². The Kier molecular flexibility index (Phi) is 3.54. The van der Waals surface area contributed by atoms with Gasteiger partial charge in [-0.2, -0.15) is 12.6 Å². The number of carbonyl (C=O) groups excluding carboxylic acids is 1. The number of aryl methyl sites for hydroxylation is 1. The first kappa shape index (κ1) is 11.5. The summed E-state index contributed by atoms with van der Waals surface area (Å²) in [6, 6.07) is 8.50. The zero-order valence-corrected chi connectivity index (χ0v) is 10.4. The second-order valence-corrected chi connectivity index (χ2v) is 4.70. The van der Waals surface area contributed by atoms with Gasteiger partial charge in [0.1, 0.15) is 0 Å². The van der Waals surface area contributed by atoms with Crippen LogP contribution >= 0.6 is 12.6 Å². The molecular formula is C13H17NOS. The average molecular weight is 235 g/mol. The van der Waals surface area contributed by atoms with Gasteiger partial charge in [-0.25, -0.2) is 0 Å². The highest BCUT2D eigenvalue weighted by Gasteiger charge is 2.26. The van der Waals surface area contributed by atoms with Crippen LogP contribution in [0.5, 0.6) is 0 Å². The summed E-state index contributed by atoms with van der Waals surface area (Å²) in [5.74, 6) is 0.805. The standard InChI is InChI=1S/C13H17NOS/c1-10-6-7-11-4-2-3-5-12(11)14(10)13(15)8-9-16/h2-5,10,16H,6-9H2,1H3. The van der Waals surface area contributed by atoms with Crippen LogP contribution in [0.15, 0.2) is 24.3 Å². The molecule has 0 N–H and O–H groups in total. The maximum Gasteiger partial charge on any atom is 0.228 e. The van der Waals surface area contributed by atoms with Crippen molar-refractivity contribution in [1.29, 1.82) is 0 Å². The van der Waals surface area contributed by atoms with Gasteiger partial charge in [-0.15, -0.1) is 0 Å². The van der Waals surface area contributed by atoms with Crippen molar-refractivity contribution in [1.82, 2.24) is 0 Å². The fourth-order valence-corrected chi connectivity index (χ4v) is 2.48. The number of nitrogens with zero attached hydrogens (tertiary/aromatic N) is 1. The first-order valence-electron chi connectivity index (χ1n) is 5.75. The van der Waals surface area contributed by atoms with Crippen molar-refractivity contribution in [2.45, 2.75) is 32.2 Å². The molecular weight excluding hydrogens is 218 g/mol. The Morgan fingerprint density at radius 2 is 2.25 bits per heavy atom. The highest BCUT2D eigenvalue weighted by atomic mass is 32.1. The molecule has 2 rings (SSSR count). The third kappa shape index (κ3) is 2.09. The molecule has 2 nitrogen and oxygen atoms in total. The molecule has 1 aromatic carbocycles. The van der Waals surface area contributed by atoms with Crippen LogP contribution < -0.4 is 4.90 Å². The Balaban J connectivity index is 2.33. The van der Waals surface area contributed by atoms with Gasteiger partial charge in [0.15, 0.2) is 0 Å². The molecule has 0 bridgehead atoms. The van der Waals surface area contributed by atoms with Crippen LogP contribution in [0.2, 0.25) is 0 Å². The molecule has 3 heteroatoms. The molecule has 0 saturated heterocycles. The number of benzene rings is 1. The number of hydrogen-bond donors (Lipinski definition) is 1. The number of hydrogen-bond acceptors (Lipinski definition) is 2. The summed E-state index contributed by atoms with van der Waals surface area (Å²) in [5, 5.41) is 0. The van der Waals surface area contributed by atoms with Gasteiger partial charge in [0.25, 0.3) is 0 Å². The SMILES string of the molecule is CC1CCc2ccccc2N1C(=O)CCS. The number of para-hydroxylation sites is 1. The van der Waals surface area contributed by atoms with E-state index in [1.165, 1.54) is 5.56 Å². The number of rotatable bonds is 2. The summed E-state index contributed by atoms with van der Waals surface area (Å²) in [6.07, 6.45) is 2.64. The molecule has 0 radical (unpaired) electrons. The van der Waals surface area contributed by atoms with Gasteiger partial charge in [0.05, 0.1) is 0 Å². The fourth-order valence-electron chi connectivity index (χ4n) is 2.28. The van der Waals surface area contributed by atoms with E-state index in [4.69, 9.17) is 0 Å². The van der Waals surface area contributed by atoms with Crippen molar-refractivity contribution < 1.29 is 4.79 Å². The molecule has 0 aliphatic carbocycles. The maximum atomic E-state index is 12.0. The molecule has 0 aromatic heterocycles. The van der Waals surface area contributed by atoms with Gasteiger partial charge in [-0.3, -0.25) is 4.79 Å². The minimum Gasteiger partial charge on any atom is -0.309 e. The summed E-state index contributed by atoms with van der Waals surface area (Å²) < 4.78 is 0. The fraction of sp³-hybridized carbons (Fsp3) is 0.462. The summed E-state index contributed by atoms with van der Waals surface area (Å²) >= 11 is 4.13. The van der Waals surface area contributed by atoms with E-state index < -0.39 is 0 Å². The zero-order chi connectivity index (χ0) is 11.5. The van der Waals surface area contributed by atoms with Crippen LogP contribution in [0.3, 0.4) is 0 Å². The van der Waals surface area contributed by atoms with E-state index in [0.29, 0.717) is 18.2 Å². The van der Waals surface area contributed by atoms with E-state index in [0.717, 1.165) is 18.5 Å². The first-order chi connectivity index (χ1) is 7.74. The van der Waals surface area contributed by atoms with Crippen LogP contribution in [0.1, 0.15) is 25.3 Å². The topological polar surface area (TPSA) is 20.3 Å². The molecule has 1 atom stereocenters. The lowest BCUT2D eigenvalue weighted by molar-refractivity contribution is -0.118. The molecule has 0 spiro atoms. The van der Waals surface area contributed by atoms with E-state index >= 15 is 0 Å². The Morgan fingerprint density at radius 1 is 1.50 bits per heavy atom. The highest BCUT2D eigenvalue weighted by molar-refractivity contribution is 7.80. The van der Waals surface area contributed by atoms with Crippen molar-refractivity contribution in [2.75, 3.05) is 10.7 Å². The van der Waals surface area contributed by atoms with Gasteiger partial charge in [0, 0.05) is 18.2 Å². The Bertz CT molecular complexity index is 391. The van der Waals surface area contributed by atoms with Gasteiger partial charge in [-0.1, -0.05) is 18.2 Å². The van der Waals surface area contributed by atoms with E-state index in [1.807, 2.05) is 23.1 Å². The molecule has 1 aliphatic heterocycles. The maximum absolute atomic E-state index is 12.0. The van der Waals surface area contributed by atoms with Crippen LogP contribution in [-0.4, -0.2) is 17.7 Å². The van der Waals surface area contributed by atoms with Crippen LogP contribution in [0.4, 0.5) is 5.69 Å². The zero-order valence-electron chi connectivity index (χ0n) is 9.52. The quantitative estimate of drug-likeness (QED) is 0.781. The second kappa shape index (κ2) is 4.91. The number of carbonyl (C=O) groups is 1. The minimum absolute atomic E-state index is 0.189. The van der Waals surface area contributed by atoms with Crippen molar-refractivity contribution >= 4 is 24.2 Å². The number of thiol groups is 1. The Hall–Kier alpha value is -0.960. The van der Waals surface area contributed by atoms with Crippen LogP contribution in [0.25, 0.3) is 0 Å². The molecule has 1 aromatic rings. The van der Waals surface area contributed by atoms with Gasteiger partial charge < -0.3 is 4.90 Å². The Morgan fingerprint density at radius 3 is 3.00 bits per heavy atom. The van der Waals surface area contributed by atoms with Crippen LogP contribution in [-0.2, 0) is 11.2 Å². The molecule has 1 heterocycles. The van der Waals surface area contributed by atoms with E-state index in [2.05, 4.69) is 25.6 Å². The molecule has 1 unspecified atom stereocenters. The third-order valence-corrected chi connectivity index (χ3v) is 3.34. The minimum atomic E-state index is 0.189. The highest BCUT2D eigenvalue weighted by Crippen LogP contribution is 2.30. The molecule has 1 aliphatic rings. The molecule has 1 amide bonds. The van der Waals surface area contributed by atoms with Crippen molar-refractivity contribution in [3.63, 3.8) is 0 Å². The normalized spacial score (nSPS) is 19.4. The summed E-state index contributed by atoms with van der Waals surface area (Å²) in [6.45, 7) is 2.12. The van der Waals surface area contributed by atoms with E-state index in [9.17, 15) is 4.79 Å². The monoisotopic (exact) mass is 235 g/mol. The molecule has 16 heavy (non-hydrogen) atoms. The second-order valence-electron chi connectivity index (χ2n) is 4.25. The summed E-state index contributed by atoms with van der Waals surface area (Å²) in [5.41, 5.74) is 2.38. The van der Waals surface area contributed by atoms with Crippen molar-refractivity contribution in [3.8, 4) is 0 Å². The van der Waals surface area contributed by atoms with E-state index in [1.54, 1.807) is 0 Å². The molecule has 0 saturated carbocycles. The van der Waals surface area contributed by atoms with Crippen molar-refractivity contribution in [2.24, 2.45) is 0 Å². The lowest BCUT2D eigenvalue weighted by atomic mass is 9.96. The lowest BCUT2D eigenvalue weighted by Crippen LogP contribution is -2.42. The third-order valence-electron chi connectivity index (χ3n) is 3.12. The molecule has 86 valence electrons. The smallest absolute Gasteiger partial charge is 0.228 e. The van der Waals surface area contributed by atoms with Crippen molar-refractivity contribution in [3.05, 3.63) is 29.8 Å². The first-order valence-corrected chi connectivity index (χ1v) is 6.38. The number of anilines is 1. The predicted molar refractivity (Wildman–Crippen MR) is 70.2 cm³/mol. The predicted octanol–water partition coefficient (Wildman–Crippen LogP) is 2.67. The molecule has 0 fully saturated rings. The van der Waals surface area contributed by atoms with Gasteiger partial charge in [-0.05, 0) is 37.1 Å². The Labute approximate surface area is 102 Å². The summed E-state index contributed by atoms with van der Waals surface area (Å²) in [7, 11) is 0. The average Bonchev–Trinajstić information content (AvgIpc) is 2.29. The number of fused-ring (bicyclic) bond motifs is 1. The van der Waals surface area contributed by atoms with Gasteiger partial charge in [0.2, 0.25) is 5.91 Å². The van der Waals surface area contributed by atoms with Gasteiger partial charge >= 0.3 is 0 Å². The van der Waals surface area contributed by atoms with Crippen LogP contribution in [0, 0.1) is 0 Å². The number of amides is 1. The lowest BCUT2D eigenvalue weighted by Gasteiger charge is -2.35. The summed E-state index contributed by atoms with van der Waals surface area (Å²) in [4.78, 5) is 14.0.